The van der Waals surface area contributed by atoms with Gasteiger partial charge in [-0.2, -0.15) is 4.31 Å². The maximum atomic E-state index is 13.1. The van der Waals surface area contributed by atoms with Gasteiger partial charge in [0.2, 0.25) is 21.8 Å². The highest BCUT2D eigenvalue weighted by Gasteiger charge is 2.39. The lowest BCUT2D eigenvalue weighted by Gasteiger charge is -2.23. The molecular weight excluding hydrogens is 444 g/mol. The van der Waals surface area contributed by atoms with Crippen LogP contribution in [0.15, 0.2) is 59.5 Å². The summed E-state index contributed by atoms with van der Waals surface area (Å²) in [6.07, 6.45) is 1.56. The van der Waals surface area contributed by atoms with Crippen molar-refractivity contribution in [1.82, 2.24) is 14.9 Å². The second kappa shape index (κ2) is 11.1. The van der Waals surface area contributed by atoms with E-state index < -0.39 is 16.1 Å². The van der Waals surface area contributed by atoms with Gasteiger partial charge in [0.05, 0.1) is 4.90 Å². The summed E-state index contributed by atoms with van der Waals surface area (Å²) in [6.45, 7) is 2.35. The van der Waals surface area contributed by atoms with Crippen molar-refractivity contribution in [3.8, 4) is 0 Å². The van der Waals surface area contributed by atoms with Gasteiger partial charge in [0.15, 0.2) is 0 Å². The van der Waals surface area contributed by atoms with E-state index in [-0.39, 0.29) is 29.2 Å². The number of carbonyl (C=O) groups is 3. The van der Waals surface area contributed by atoms with Gasteiger partial charge in [-0.3, -0.25) is 14.4 Å². The molecule has 1 heterocycles. The Morgan fingerprint density at radius 1 is 0.970 bits per heavy atom. The number of benzene rings is 2. The quantitative estimate of drug-likeness (QED) is 0.480. The van der Waals surface area contributed by atoms with Crippen LogP contribution in [0.3, 0.4) is 0 Å². The second-order valence-electron chi connectivity index (χ2n) is 7.75. The van der Waals surface area contributed by atoms with Crippen LogP contribution >= 0.6 is 0 Å². The van der Waals surface area contributed by atoms with Crippen LogP contribution in [0.1, 0.15) is 36.5 Å². The van der Waals surface area contributed by atoms with Crippen LogP contribution in [0.2, 0.25) is 0 Å². The largest absolute Gasteiger partial charge is 0.355 e. The highest BCUT2D eigenvalue weighted by Crippen LogP contribution is 2.27. The number of hydrogen-bond donors (Lipinski definition) is 3. The monoisotopic (exact) mass is 472 g/mol. The highest BCUT2D eigenvalue weighted by atomic mass is 32.2. The first-order valence-electron chi connectivity index (χ1n) is 10.8. The molecule has 1 atom stereocenters. The van der Waals surface area contributed by atoms with Crippen LogP contribution in [-0.2, 0) is 19.6 Å². The topological polar surface area (TPSA) is 125 Å². The predicted molar refractivity (Wildman–Crippen MR) is 124 cm³/mol. The smallest absolute Gasteiger partial charge is 0.251 e. The number of nitrogens with one attached hydrogen (secondary N) is 3. The van der Waals surface area contributed by atoms with Gasteiger partial charge in [-0.25, -0.2) is 8.42 Å². The fourth-order valence-corrected chi connectivity index (χ4v) is 5.31. The first-order valence-corrected chi connectivity index (χ1v) is 12.2. The first-order chi connectivity index (χ1) is 15.8. The third-order valence-corrected chi connectivity index (χ3v) is 7.18. The molecule has 0 aromatic heterocycles. The summed E-state index contributed by atoms with van der Waals surface area (Å²) in [5.74, 6) is -0.777. The molecule has 176 valence electrons. The van der Waals surface area contributed by atoms with Crippen molar-refractivity contribution in [2.45, 2.75) is 37.1 Å². The lowest BCUT2D eigenvalue weighted by atomic mass is 10.2. The normalized spacial score (nSPS) is 16.2. The summed E-state index contributed by atoms with van der Waals surface area (Å²) in [6, 6.07) is 13.9. The lowest BCUT2D eigenvalue weighted by Crippen LogP contribution is -2.46. The molecule has 0 saturated carbocycles. The van der Waals surface area contributed by atoms with Crippen LogP contribution in [0, 0.1) is 0 Å². The fourth-order valence-electron chi connectivity index (χ4n) is 3.65. The minimum Gasteiger partial charge on any atom is -0.355 e. The van der Waals surface area contributed by atoms with E-state index in [9.17, 15) is 22.8 Å². The molecule has 0 radical (unpaired) electrons. The van der Waals surface area contributed by atoms with E-state index >= 15 is 0 Å². The average Bonchev–Trinajstić information content (AvgIpc) is 3.30. The maximum Gasteiger partial charge on any atom is 0.251 e. The molecule has 2 aromatic carbocycles. The van der Waals surface area contributed by atoms with Crippen LogP contribution in [0.25, 0.3) is 0 Å². The SMILES string of the molecule is CC(=O)Nc1ccc(S(=O)(=O)N2CCC[C@@H]2C(=O)NCCCNC(=O)c2ccccc2)cc1. The van der Waals surface area contributed by atoms with Crippen LogP contribution in [-0.4, -0.2) is 56.1 Å². The number of anilines is 1. The minimum atomic E-state index is -3.85. The Labute approximate surface area is 193 Å². The van der Waals surface area contributed by atoms with Gasteiger partial charge in [-0.05, 0) is 55.7 Å². The van der Waals surface area contributed by atoms with Crippen LogP contribution in [0.4, 0.5) is 5.69 Å². The van der Waals surface area contributed by atoms with Gasteiger partial charge in [-0.15, -0.1) is 0 Å². The number of rotatable bonds is 9. The van der Waals surface area contributed by atoms with Gasteiger partial charge in [0.25, 0.3) is 5.91 Å². The Morgan fingerprint density at radius 3 is 2.30 bits per heavy atom. The Hall–Kier alpha value is -3.24. The predicted octanol–water partition coefficient (Wildman–Crippen LogP) is 1.73. The molecule has 1 aliphatic heterocycles. The van der Waals surface area contributed by atoms with E-state index in [0.29, 0.717) is 43.6 Å². The van der Waals surface area contributed by atoms with Gasteiger partial charge >= 0.3 is 0 Å². The number of nitrogens with zero attached hydrogens (tertiary/aromatic N) is 1. The molecule has 1 saturated heterocycles. The molecule has 2 aromatic rings. The zero-order valence-electron chi connectivity index (χ0n) is 18.4. The molecule has 1 fully saturated rings. The number of sulfonamides is 1. The highest BCUT2D eigenvalue weighted by molar-refractivity contribution is 7.89. The molecule has 0 unspecified atom stereocenters. The van der Waals surface area contributed by atoms with Crippen molar-refractivity contribution in [1.29, 1.82) is 0 Å². The number of amides is 3. The lowest BCUT2D eigenvalue weighted by molar-refractivity contribution is -0.124. The summed E-state index contributed by atoms with van der Waals surface area (Å²) in [5.41, 5.74) is 1.06. The summed E-state index contributed by atoms with van der Waals surface area (Å²) in [7, 11) is -3.85. The van der Waals surface area contributed by atoms with Gasteiger partial charge < -0.3 is 16.0 Å². The first kappa shape index (κ1) is 24.4. The Bertz CT molecular complexity index is 1090. The van der Waals surface area contributed by atoms with Crippen molar-refractivity contribution in [3.63, 3.8) is 0 Å². The van der Waals surface area contributed by atoms with E-state index in [0.717, 1.165) is 0 Å². The molecule has 3 amide bonds. The van der Waals surface area contributed by atoms with E-state index in [1.165, 1.54) is 35.5 Å². The van der Waals surface area contributed by atoms with Crippen molar-refractivity contribution in [2.24, 2.45) is 0 Å². The zero-order chi connectivity index (χ0) is 23.8. The average molecular weight is 473 g/mol. The standard InChI is InChI=1S/C23H28N4O5S/c1-17(28)26-19-10-12-20(13-11-19)33(31,32)27-16-5-9-21(27)23(30)25-15-6-14-24-22(29)18-7-3-2-4-8-18/h2-4,7-8,10-13,21H,5-6,9,14-16H2,1H3,(H,24,29)(H,25,30)(H,26,28)/t21-/m1/s1. The minimum absolute atomic E-state index is 0.0694. The van der Waals surface area contributed by atoms with Gasteiger partial charge in [0.1, 0.15) is 6.04 Å². The van der Waals surface area contributed by atoms with E-state index in [2.05, 4.69) is 16.0 Å². The molecule has 1 aliphatic rings. The summed E-state index contributed by atoms with van der Waals surface area (Å²) < 4.78 is 27.4. The van der Waals surface area contributed by atoms with Crippen LogP contribution in [0.5, 0.6) is 0 Å². The Kier molecular flexibility index (Phi) is 8.18. The van der Waals surface area contributed by atoms with Crippen LogP contribution < -0.4 is 16.0 Å². The molecule has 9 nitrogen and oxygen atoms in total. The zero-order valence-corrected chi connectivity index (χ0v) is 19.2. The molecular formula is C23H28N4O5S. The summed E-state index contributed by atoms with van der Waals surface area (Å²) >= 11 is 0. The third kappa shape index (κ3) is 6.39. The van der Waals surface area contributed by atoms with Crippen molar-refractivity contribution < 1.29 is 22.8 Å². The maximum absolute atomic E-state index is 13.1. The molecule has 0 bridgehead atoms. The van der Waals surface area contributed by atoms with E-state index in [1.54, 1.807) is 24.3 Å². The third-order valence-electron chi connectivity index (χ3n) is 5.26. The molecule has 33 heavy (non-hydrogen) atoms. The fraction of sp³-hybridized carbons (Fsp3) is 0.348. The van der Waals surface area contributed by atoms with E-state index in [1.807, 2.05) is 6.07 Å². The molecule has 3 N–H and O–H groups in total. The summed E-state index contributed by atoms with van der Waals surface area (Å²) in [5, 5.41) is 8.16. The van der Waals surface area contributed by atoms with Gasteiger partial charge in [-0.1, -0.05) is 18.2 Å². The molecule has 3 rings (SSSR count). The van der Waals surface area contributed by atoms with Crippen molar-refractivity contribution in [3.05, 3.63) is 60.2 Å². The molecule has 0 spiro atoms. The van der Waals surface area contributed by atoms with Crippen molar-refractivity contribution in [2.75, 3.05) is 25.0 Å². The van der Waals surface area contributed by atoms with E-state index in [4.69, 9.17) is 0 Å². The molecule has 0 aliphatic carbocycles. The number of carbonyl (C=O) groups excluding carboxylic acids is 3. The molecule has 10 heteroatoms. The number of hydrogen-bond acceptors (Lipinski definition) is 5. The van der Waals surface area contributed by atoms with Gasteiger partial charge in [0, 0.05) is 37.8 Å². The Balaban J connectivity index is 1.51. The second-order valence-corrected chi connectivity index (χ2v) is 9.64. The summed E-state index contributed by atoms with van der Waals surface area (Å²) in [4.78, 5) is 35.9. The van der Waals surface area contributed by atoms with Crippen molar-refractivity contribution >= 4 is 33.4 Å². The Morgan fingerprint density at radius 2 is 1.64 bits per heavy atom.